The number of thiophene rings is 1. The van der Waals surface area contributed by atoms with E-state index in [0.29, 0.717) is 6.42 Å². The standard InChI is InChI=1S/C16H13F3N2O3S2/c17-16(18,19)14-10-12(21-24-14)13-6-7-15(25-13)26(22,23)20-9-8-11-4-2-1-3-5-11/h1-7,10,20H,8-9H2. The molecule has 0 unspecified atom stereocenters. The van der Waals surface area contributed by atoms with Gasteiger partial charge in [-0.2, -0.15) is 13.2 Å². The van der Waals surface area contributed by atoms with Crippen molar-refractivity contribution in [2.75, 3.05) is 6.54 Å². The first-order chi connectivity index (χ1) is 12.3. The van der Waals surface area contributed by atoms with Crippen LogP contribution in [0.15, 0.2) is 57.3 Å². The lowest BCUT2D eigenvalue weighted by molar-refractivity contribution is -0.155. The molecule has 0 atom stereocenters. The van der Waals surface area contributed by atoms with Crippen LogP contribution in [-0.4, -0.2) is 20.1 Å². The fourth-order valence-electron chi connectivity index (χ4n) is 2.17. The second kappa shape index (κ2) is 7.22. The zero-order chi connectivity index (χ0) is 18.8. The van der Waals surface area contributed by atoms with Crippen molar-refractivity contribution in [1.29, 1.82) is 0 Å². The Bertz CT molecular complexity index is 980. The van der Waals surface area contributed by atoms with Crippen LogP contribution < -0.4 is 4.72 Å². The van der Waals surface area contributed by atoms with E-state index in [4.69, 9.17) is 0 Å². The van der Waals surface area contributed by atoms with Crippen LogP contribution in [0.4, 0.5) is 13.2 Å². The Labute approximate surface area is 151 Å². The van der Waals surface area contributed by atoms with Crippen LogP contribution in [0.2, 0.25) is 0 Å². The summed E-state index contributed by atoms with van der Waals surface area (Å²) in [6, 6.07) is 12.8. The van der Waals surface area contributed by atoms with E-state index in [1.807, 2.05) is 30.3 Å². The smallest absolute Gasteiger partial charge is 0.351 e. The molecule has 138 valence electrons. The molecule has 3 aromatic rings. The van der Waals surface area contributed by atoms with Crippen LogP contribution in [-0.2, 0) is 22.6 Å². The van der Waals surface area contributed by atoms with Crippen molar-refractivity contribution in [3.8, 4) is 10.6 Å². The number of nitrogens with one attached hydrogen (secondary N) is 1. The highest BCUT2D eigenvalue weighted by Crippen LogP contribution is 2.35. The number of hydrogen-bond donors (Lipinski definition) is 1. The van der Waals surface area contributed by atoms with Gasteiger partial charge in [-0.05, 0) is 24.1 Å². The van der Waals surface area contributed by atoms with Gasteiger partial charge in [0.1, 0.15) is 9.90 Å². The van der Waals surface area contributed by atoms with Crippen LogP contribution in [0.25, 0.3) is 10.6 Å². The molecule has 0 aliphatic rings. The number of nitrogens with zero attached hydrogens (tertiary/aromatic N) is 1. The second-order valence-electron chi connectivity index (χ2n) is 5.33. The SMILES string of the molecule is O=S(=O)(NCCc1ccccc1)c1ccc(-c2cc(C(F)(F)F)on2)s1. The molecular weight excluding hydrogens is 389 g/mol. The summed E-state index contributed by atoms with van der Waals surface area (Å²) >= 11 is 0.823. The first-order valence-electron chi connectivity index (χ1n) is 7.43. The Balaban J connectivity index is 1.69. The van der Waals surface area contributed by atoms with Gasteiger partial charge in [0, 0.05) is 12.6 Å². The molecule has 2 heterocycles. The molecule has 0 saturated carbocycles. The molecule has 1 N–H and O–H groups in total. The summed E-state index contributed by atoms with van der Waals surface area (Å²) in [5, 5.41) is 3.35. The van der Waals surface area contributed by atoms with E-state index in [2.05, 4.69) is 14.4 Å². The highest BCUT2D eigenvalue weighted by atomic mass is 32.2. The lowest BCUT2D eigenvalue weighted by Gasteiger charge is -2.04. The van der Waals surface area contributed by atoms with Gasteiger partial charge in [-0.25, -0.2) is 13.1 Å². The molecule has 0 spiro atoms. The molecular formula is C16H13F3N2O3S2. The number of halogens is 3. The van der Waals surface area contributed by atoms with Crippen molar-refractivity contribution >= 4 is 21.4 Å². The Morgan fingerprint density at radius 3 is 2.50 bits per heavy atom. The molecule has 1 aromatic carbocycles. The van der Waals surface area contributed by atoms with Gasteiger partial charge >= 0.3 is 6.18 Å². The van der Waals surface area contributed by atoms with Crippen LogP contribution in [0, 0.1) is 0 Å². The summed E-state index contributed by atoms with van der Waals surface area (Å²) in [6.45, 7) is 0.210. The van der Waals surface area contributed by atoms with Gasteiger partial charge in [-0.3, -0.25) is 0 Å². The highest BCUT2D eigenvalue weighted by molar-refractivity contribution is 7.91. The van der Waals surface area contributed by atoms with Crippen LogP contribution >= 0.6 is 11.3 Å². The minimum absolute atomic E-state index is 0.00267. The Morgan fingerprint density at radius 2 is 1.85 bits per heavy atom. The topological polar surface area (TPSA) is 72.2 Å². The normalized spacial score (nSPS) is 12.4. The van der Waals surface area contributed by atoms with E-state index in [0.717, 1.165) is 23.0 Å². The average molecular weight is 402 g/mol. The van der Waals surface area contributed by atoms with Gasteiger partial charge in [0.2, 0.25) is 15.8 Å². The maximum atomic E-state index is 12.6. The number of hydrogen-bond acceptors (Lipinski definition) is 5. The summed E-state index contributed by atoms with van der Waals surface area (Å²) in [7, 11) is -3.75. The number of aromatic nitrogens is 1. The van der Waals surface area contributed by atoms with Crippen molar-refractivity contribution in [3.63, 3.8) is 0 Å². The van der Waals surface area contributed by atoms with E-state index in [-0.39, 0.29) is 21.3 Å². The predicted molar refractivity (Wildman–Crippen MR) is 90.2 cm³/mol. The largest absolute Gasteiger partial charge is 0.452 e. The third kappa shape index (κ3) is 4.32. The maximum absolute atomic E-state index is 12.6. The van der Waals surface area contributed by atoms with E-state index >= 15 is 0 Å². The average Bonchev–Trinajstić information content (AvgIpc) is 3.25. The molecule has 0 radical (unpaired) electrons. The Morgan fingerprint density at radius 1 is 1.12 bits per heavy atom. The first kappa shape index (κ1) is 18.6. The predicted octanol–water partition coefficient (Wildman–Crippen LogP) is 3.94. The molecule has 10 heteroatoms. The second-order valence-corrected chi connectivity index (χ2v) is 8.40. The van der Waals surface area contributed by atoms with Gasteiger partial charge in [0.25, 0.3) is 0 Å². The number of alkyl halides is 3. The van der Waals surface area contributed by atoms with Crippen molar-refractivity contribution in [3.05, 3.63) is 59.9 Å². The van der Waals surface area contributed by atoms with Crippen LogP contribution in [0.5, 0.6) is 0 Å². The zero-order valence-electron chi connectivity index (χ0n) is 13.2. The lowest BCUT2D eigenvalue weighted by Crippen LogP contribution is -2.25. The quantitative estimate of drug-likeness (QED) is 0.678. The Hall–Kier alpha value is -2.17. The number of sulfonamides is 1. The van der Waals surface area contributed by atoms with Gasteiger partial charge < -0.3 is 4.52 Å². The summed E-state index contributed by atoms with van der Waals surface area (Å²) in [5.41, 5.74) is 0.928. The molecule has 26 heavy (non-hydrogen) atoms. The van der Waals surface area contributed by atoms with Crippen LogP contribution in [0.3, 0.4) is 0 Å². The van der Waals surface area contributed by atoms with E-state index in [1.54, 1.807) is 0 Å². The minimum atomic E-state index is -4.64. The molecule has 0 aliphatic carbocycles. The fourth-order valence-corrected chi connectivity index (χ4v) is 4.51. The summed E-state index contributed by atoms with van der Waals surface area (Å²) in [6.07, 6.45) is -4.12. The number of rotatable bonds is 6. The minimum Gasteiger partial charge on any atom is -0.351 e. The van der Waals surface area contributed by atoms with Gasteiger partial charge in [0.05, 0.1) is 4.88 Å². The molecule has 0 saturated heterocycles. The molecule has 2 aromatic heterocycles. The van der Waals surface area contributed by atoms with E-state index in [9.17, 15) is 21.6 Å². The third-order valence-corrected chi connectivity index (χ3v) is 6.50. The molecule has 0 aliphatic heterocycles. The third-order valence-electron chi connectivity index (χ3n) is 3.44. The van der Waals surface area contributed by atoms with Crippen molar-refractivity contribution in [2.24, 2.45) is 0 Å². The monoisotopic (exact) mass is 402 g/mol. The highest BCUT2D eigenvalue weighted by Gasteiger charge is 2.36. The number of benzene rings is 1. The van der Waals surface area contributed by atoms with Crippen molar-refractivity contribution in [2.45, 2.75) is 16.8 Å². The molecule has 5 nitrogen and oxygen atoms in total. The Kier molecular flexibility index (Phi) is 5.17. The first-order valence-corrected chi connectivity index (χ1v) is 9.73. The van der Waals surface area contributed by atoms with Gasteiger partial charge in [-0.15, -0.1) is 11.3 Å². The summed E-state index contributed by atoms with van der Waals surface area (Å²) < 4.78 is 69.0. The lowest BCUT2D eigenvalue weighted by atomic mass is 10.2. The zero-order valence-corrected chi connectivity index (χ0v) is 14.8. The molecule has 0 amide bonds. The van der Waals surface area contributed by atoms with E-state index in [1.165, 1.54) is 12.1 Å². The van der Waals surface area contributed by atoms with Crippen molar-refractivity contribution < 1.29 is 26.1 Å². The molecule has 0 bridgehead atoms. The summed E-state index contributed by atoms with van der Waals surface area (Å²) in [5.74, 6) is -1.23. The van der Waals surface area contributed by atoms with Crippen molar-refractivity contribution in [1.82, 2.24) is 9.88 Å². The molecule has 0 fully saturated rings. The van der Waals surface area contributed by atoms with E-state index < -0.39 is 22.0 Å². The molecule has 3 rings (SSSR count). The van der Waals surface area contributed by atoms with Crippen LogP contribution in [0.1, 0.15) is 11.3 Å². The van der Waals surface area contributed by atoms with Gasteiger partial charge in [-0.1, -0.05) is 35.5 Å². The maximum Gasteiger partial charge on any atom is 0.452 e. The summed E-state index contributed by atoms with van der Waals surface area (Å²) in [4.78, 5) is 0.271. The van der Waals surface area contributed by atoms with Gasteiger partial charge in [0.15, 0.2) is 0 Å². The fraction of sp³-hybridized carbons (Fsp3) is 0.188.